The van der Waals surface area contributed by atoms with Gasteiger partial charge in [-0.05, 0) is 95.1 Å². The lowest BCUT2D eigenvalue weighted by Gasteiger charge is -2.21. The number of hydrogen-bond donors (Lipinski definition) is 3. The zero-order valence-electron chi connectivity index (χ0n) is 28.8. The summed E-state index contributed by atoms with van der Waals surface area (Å²) in [7, 11) is 0. The number of rotatable bonds is 14. The van der Waals surface area contributed by atoms with E-state index in [1.54, 1.807) is 0 Å². The maximum atomic E-state index is 11.7. The van der Waals surface area contributed by atoms with Gasteiger partial charge in [-0.25, -0.2) is 9.59 Å². The van der Waals surface area contributed by atoms with E-state index in [0.717, 1.165) is 18.6 Å². The lowest BCUT2D eigenvalue weighted by Crippen LogP contribution is -2.37. The summed E-state index contributed by atoms with van der Waals surface area (Å²) < 4.78 is 21.9. The average Bonchev–Trinajstić information content (AvgIpc) is 3.91. The number of alkyl carbamates (subject to hydrolysis) is 2. The molecular formula is C37H56N2O7. The lowest BCUT2D eigenvalue weighted by molar-refractivity contribution is 0.0468. The van der Waals surface area contributed by atoms with Gasteiger partial charge in [-0.2, -0.15) is 0 Å². The first-order valence-corrected chi connectivity index (χ1v) is 16.5. The molecule has 2 saturated carbocycles. The van der Waals surface area contributed by atoms with Gasteiger partial charge in [0.1, 0.15) is 11.2 Å². The largest absolute Gasteiger partial charge is 0.444 e. The summed E-state index contributed by atoms with van der Waals surface area (Å²) in [6.07, 6.45) is 0.751. The summed E-state index contributed by atoms with van der Waals surface area (Å²) in [5.74, 6) is 2.28. The molecule has 3 N–H and O–H groups in total. The molecule has 0 spiro atoms. The fraction of sp³-hybridized carbons (Fsp3) is 0.622. The third kappa shape index (κ3) is 15.4. The van der Waals surface area contributed by atoms with E-state index in [9.17, 15) is 14.7 Å². The first kappa shape index (κ1) is 37.3. The Hall–Kier alpha value is -3.14. The molecule has 0 aliphatic heterocycles. The molecule has 2 unspecified atom stereocenters. The molecule has 9 nitrogen and oxygen atoms in total. The maximum absolute atomic E-state index is 11.7. The summed E-state index contributed by atoms with van der Waals surface area (Å²) in [4.78, 5) is 23.2. The molecule has 256 valence electrons. The molecule has 4 rings (SSSR count). The van der Waals surface area contributed by atoms with Crippen molar-refractivity contribution in [3.05, 3.63) is 71.8 Å². The van der Waals surface area contributed by atoms with Crippen LogP contribution in [0.2, 0.25) is 0 Å². The predicted molar refractivity (Wildman–Crippen MR) is 179 cm³/mol. The van der Waals surface area contributed by atoms with E-state index in [4.69, 9.17) is 18.9 Å². The highest BCUT2D eigenvalue weighted by Crippen LogP contribution is 2.44. The van der Waals surface area contributed by atoms with E-state index in [2.05, 4.69) is 29.7 Å². The first-order valence-electron chi connectivity index (χ1n) is 16.5. The number of carbonyl (C=O) groups is 2. The summed E-state index contributed by atoms with van der Waals surface area (Å²) in [5, 5.41) is 15.6. The highest BCUT2D eigenvalue weighted by Gasteiger charge is 2.42. The number of benzene rings is 2. The van der Waals surface area contributed by atoms with Crippen LogP contribution in [0.15, 0.2) is 60.7 Å². The molecule has 0 radical (unpaired) electrons. The van der Waals surface area contributed by atoms with Gasteiger partial charge < -0.3 is 34.7 Å². The minimum atomic E-state index is -0.548. The molecule has 6 atom stereocenters. The Balaban J connectivity index is 0.000000250. The Morgan fingerprint density at radius 1 is 0.717 bits per heavy atom. The van der Waals surface area contributed by atoms with Crippen molar-refractivity contribution >= 4 is 12.2 Å². The van der Waals surface area contributed by atoms with Gasteiger partial charge in [-0.1, -0.05) is 67.6 Å². The van der Waals surface area contributed by atoms with Crippen LogP contribution in [0.4, 0.5) is 9.59 Å². The molecule has 0 heterocycles. The van der Waals surface area contributed by atoms with Crippen LogP contribution in [0.5, 0.6) is 0 Å². The number of hydrogen-bond acceptors (Lipinski definition) is 7. The van der Waals surface area contributed by atoms with E-state index in [-0.39, 0.29) is 18.6 Å². The topological polar surface area (TPSA) is 115 Å². The van der Waals surface area contributed by atoms with Crippen LogP contribution in [-0.2, 0) is 32.2 Å². The van der Waals surface area contributed by atoms with Gasteiger partial charge in [-0.15, -0.1) is 0 Å². The van der Waals surface area contributed by atoms with Gasteiger partial charge in [0.05, 0.1) is 32.5 Å². The fourth-order valence-electron chi connectivity index (χ4n) is 5.26. The van der Waals surface area contributed by atoms with E-state index in [0.29, 0.717) is 50.0 Å². The number of aliphatic hydroxyl groups is 1. The van der Waals surface area contributed by atoms with Crippen molar-refractivity contribution < 1.29 is 33.6 Å². The molecule has 0 saturated heterocycles. The second-order valence-electron chi connectivity index (χ2n) is 14.6. The van der Waals surface area contributed by atoms with Crippen molar-refractivity contribution in [1.82, 2.24) is 10.6 Å². The lowest BCUT2D eigenvalue weighted by atomic mass is 10.1. The van der Waals surface area contributed by atoms with Crippen LogP contribution < -0.4 is 10.6 Å². The van der Waals surface area contributed by atoms with Gasteiger partial charge in [0.2, 0.25) is 0 Å². The minimum Gasteiger partial charge on any atom is -0.444 e. The van der Waals surface area contributed by atoms with Crippen LogP contribution in [0, 0.1) is 29.6 Å². The summed E-state index contributed by atoms with van der Waals surface area (Å²) >= 11 is 0. The molecular weight excluding hydrogens is 584 g/mol. The van der Waals surface area contributed by atoms with Crippen LogP contribution in [0.25, 0.3) is 0 Å². The van der Waals surface area contributed by atoms with Gasteiger partial charge in [-0.3, -0.25) is 0 Å². The van der Waals surface area contributed by atoms with Crippen LogP contribution in [0.3, 0.4) is 0 Å². The van der Waals surface area contributed by atoms with Gasteiger partial charge in [0, 0.05) is 13.1 Å². The van der Waals surface area contributed by atoms with Crippen molar-refractivity contribution in [2.45, 2.75) is 91.8 Å². The highest BCUT2D eigenvalue weighted by atomic mass is 16.6. The molecule has 2 aromatic rings. The summed E-state index contributed by atoms with van der Waals surface area (Å²) in [6.45, 7) is 16.8. The average molecular weight is 641 g/mol. The molecule has 0 aromatic heterocycles. The van der Waals surface area contributed by atoms with Crippen molar-refractivity contribution in [3.8, 4) is 0 Å². The Morgan fingerprint density at radius 3 is 1.59 bits per heavy atom. The molecule has 9 heteroatoms. The maximum Gasteiger partial charge on any atom is 0.407 e. The number of ether oxygens (including phenoxy) is 4. The molecule has 0 bridgehead atoms. The Bertz CT molecular complexity index is 1090. The summed E-state index contributed by atoms with van der Waals surface area (Å²) in [6, 6.07) is 20.3. The Labute approximate surface area is 275 Å². The molecule has 2 aliphatic carbocycles. The molecule has 2 aliphatic rings. The van der Waals surface area contributed by atoms with Crippen molar-refractivity contribution in [2.24, 2.45) is 29.6 Å². The number of amides is 2. The van der Waals surface area contributed by atoms with Gasteiger partial charge in [0.25, 0.3) is 0 Å². The number of nitrogens with one attached hydrogen (secondary N) is 2. The van der Waals surface area contributed by atoms with Crippen LogP contribution in [0.1, 0.15) is 72.4 Å². The second-order valence-corrected chi connectivity index (χ2v) is 14.6. The van der Waals surface area contributed by atoms with Crippen molar-refractivity contribution in [3.63, 3.8) is 0 Å². The monoisotopic (exact) mass is 640 g/mol. The van der Waals surface area contributed by atoms with E-state index in [1.165, 1.54) is 12.0 Å². The highest BCUT2D eigenvalue weighted by molar-refractivity contribution is 5.68. The van der Waals surface area contributed by atoms with E-state index >= 15 is 0 Å². The second kappa shape index (κ2) is 17.7. The normalized spacial score (nSPS) is 21.6. The number of aliphatic hydroxyl groups excluding tert-OH is 1. The first-order chi connectivity index (χ1) is 21.7. The smallest absolute Gasteiger partial charge is 0.407 e. The Morgan fingerprint density at radius 2 is 1.13 bits per heavy atom. The molecule has 2 fully saturated rings. The Kier molecular flexibility index (Phi) is 14.3. The zero-order chi connectivity index (χ0) is 33.7. The predicted octanol–water partition coefficient (Wildman–Crippen LogP) is 6.73. The van der Waals surface area contributed by atoms with Crippen LogP contribution in [-0.4, -0.2) is 60.9 Å². The van der Waals surface area contributed by atoms with Crippen molar-refractivity contribution in [2.75, 3.05) is 26.3 Å². The van der Waals surface area contributed by atoms with Crippen molar-refractivity contribution in [1.29, 1.82) is 0 Å². The third-order valence-corrected chi connectivity index (χ3v) is 7.89. The quantitative estimate of drug-likeness (QED) is 0.210. The van der Waals surface area contributed by atoms with E-state index < -0.39 is 23.4 Å². The van der Waals surface area contributed by atoms with E-state index in [1.807, 2.05) is 90.1 Å². The standard InChI is InChI=1S/C19H29NO3.C18H27NO4/c1-14(11-20-18(21)23-19(2,3)4)17-10-16(17)13-22-12-15-8-6-5-7-9-15;1-18(2,3)23-17(21)19-10-16(20)15-9-14(15)12-22-11-13-7-5-4-6-8-13/h5-9,14,16-17H,10-13H2,1-4H3,(H,20,21);4-8,14-16,20H,9-12H2,1-3H3,(H,19,21)/t14?,16-,17-;14-,15+,16?/m11/s1. The molecule has 2 amide bonds. The number of carbonyl (C=O) groups excluding carboxylic acids is 2. The van der Waals surface area contributed by atoms with Gasteiger partial charge >= 0.3 is 12.2 Å². The third-order valence-electron chi connectivity index (χ3n) is 7.89. The van der Waals surface area contributed by atoms with Crippen LogP contribution >= 0.6 is 0 Å². The zero-order valence-corrected chi connectivity index (χ0v) is 28.8. The molecule has 46 heavy (non-hydrogen) atoms. The minimum absolute atomic E-state index is 0.195. The fourth-order valence-corrected chi connectivity index (χ4v) is 5.26. The SMILES string of the molecule is CC(C)(C)OC(=O)NCC(O)[C@H]1C[C@@H]1COCc1ccccc1.CC(CNC(=O)OC(C)(C)C)[C@H]1C[C@@H]1COCc1ccccc1. The van der Waals surface area contributed by atoms with Gasteiger partial charge in [0.15, 0.2) is 0 Å². The summed E-state index contributed by atoms with van der Waals surface area (Å²) in [5.41, 5.74) is 1.39. The molecule has 2 aromatic carbocycles.